The van der Waals surface area contributed by atoms with Crippen molar-refractivity contribution in [1.82, 2.24) is 4.98 Å². The van der Waals surface area contributed by atoms with Crippen LogP contribution in [0.1, 0.15) is 0 Å². The molecule has 3 heteroatoms. The summed E-state index contributed by atoms with van der Waals surface area (Å²) in [6.45, 7) is 0. The molecule has 0 bridgehead atoms. The fourth-order valence-electron chi connectivity index (χ4n) is 1.05. The summed E-state index contributed by atoms with van der Waals surface area (Å²) in [4.78, 5) is 13.8. The normalized spacial score (nSPS) is 10.0. The van der Waals surface area contributed by atoms with Crippen molar-refractivity contribution >= 4 is 0 Å². The Kier molecular flexibility index (Phi) is 1.55. The molecule has 3 nitrogen and oxygen atoms in total. The van der Waals surface area contributed by atoms with Crippen molar-refractivity contribution in [3.05, 3.63) is 47.1 Å². The minimum atomic E-state index is -0.132. The SMILES string of the molecule is O=c1[nH]cccc1-c1ccco1. The lowest BCUT2D eigenvalue weighted by Crippen LogP contribution is -2.06. The van der Waals surface area contributed by atoms with E-state index < -0.39 is 0 Å². The van der Waals surface area contributed by atoms with Gasteiger partial charge in [-0.2, -0.15) is 0 Å². The maximum Gasteiger partial charge on any atom is 0.258 e. The molecule has 0 atom stereocenters. The number of hydrogen-bond acceptors (Lipinski definition) is 2. The van der Waals surface area contributed by atoms with E-state index in [1.807, 2.05) is 0 Å². The average molecular weight is 161 g/mol. The number of nitrogens with one attached hydrogen (secondary N) is 1. The van der Waals surface area contributed by atoms with Crippen molar-refractivity contribution in [2.24, 2.45) is 0 Å². The van der Waals surface area contributed by atoms with Gasteiger partial charge in [0.1, 0.15) is 5.76 Å². The summed E-state index contributed by atoms with van der Waals surface area (Å²) < 4.78 is 5.08. The summed E-state index contributed by atoms with van der Waals surface area (Å²) in [5, 5.41) is 0. The van der Waals surface area contributed by atoms with Crippen molar-refractivity contribution < 1.29 is 4.42 Å². The molecule has 60 valence electrons. The van der Waals surface area contributed by atoms with Crippen LogP contribution < -0.4 is 5.56 Å². The van der Waals surface area contributed by atoms with Gasteiger partial charge >= 0.3 is 0 Å². The van der Waals surface area contributed by atoms with Crippen molar-refractivity contribution in [2.75, 3.05) is 0 Å². The summed E-state index contributed by atoms with van der Waals surface area (Å²) in [5.41, 5.74) is 0.426. The van der Waals surface area contributed by atoms with E-state index >= 15 is 0 Å². The van der Waals surface area contributed by atoms with Gasteiger partial charge in [-0.1, -0.05) is 0 Å². The zero-order valence-corrected chi connectivity index (χ0v) is 6.28. The fraction of sp³-hybridized carbons (Fsp3) is 0. The molecule has 0 saturated heterocycles. The molecule has 0 fully saturated rings. The monoisotopic (exact) mass is 161 g/mol. The third kappa shape index (κ3) is 1.05. The first-order valence-electron chi connectivity index (χ1n) is 3.59. The molecule has 0 aliphatic heterocycles. The maximum absolute atomic E-state index is 11.2. The van der Waals surface area contributed by atoms with Crippen molar-refractivity contribution in [1.29, 1.82) is 0 Å². The third-order valence-electron chi connectivity index (χ3n) is 1.60. The van der Waals surface area contributed by atoms with Crippen molar-refractivity contribution in [3.8, 4) is 11.3 Å². The Morgan fingerprint density at radius 1 is 1.25 bits per heavy atom. The molecular formula is C9H7NO2. The highest BCUT2D eigenvalue weighted by Crippen LogP contribution is 2.13. The first-order valence-corrected chi connectivity index (χ1v) is 3.59. The Bertz CT molecular complexity index is 414. The topological polar surface area (TPSA) is 46.0 Å². The second-order valence-corrected chi connectivity index (χ2v) is 2.39. The second kappa shape index (κ2) is 2.70. The second-order valence-electron chi connectivity index (χ2n) is 2.39. The quantitative estimate of drug-likeness (QED) is 0.691. The van der Waals surface area contributed by atoms with E-state index in [-0.39, 0.29) is 5.56 Å². The van der Waals surface area contributed by atoms with Gasteiger partial charge in [0.05, 0.1) is 11.8 Å². The van der Waals surface area contributed by atoms with Gasteiger partial charge in [-0.3, -0.25) is 4.79 Å². The molecule has 2 aromatic rings. The van der Waals surface area contributed by atoms with E-state index in [1.54, 1.807) is 36.7 Å². The van der Waals surface area contributed by atoms with Gasteiger partial charge in [0.25, 0.3) is 5.56 Å². The summed E-state index contributed by atoms with van der Waals surface area (Å²) in [6.07, 6.45) is 3.14. The Balaban J connectivity index is 2.63. The number of aromatic nitrogens is 1. The number of aromatic amines is 1. The van der Waals surface area contributed by atoms with E-state index in [2.05, 4.69) is 4.98 Å². The number of rotatable bonds is 1. The van der Waals surface area contributed by atoms with Crippen molar-refractivity contribution in [3.63, 3.8) is 0 Å². The van der Waals surface area contributed by atoms with E-state index in [0.29, 0.717) is 11.3 Å². The Morgan fingerprint density at radius 3 is 2.83 bits per heavy atom. The number of furan rings is 1. The molecule has 0 aliphatic carbocycles. The molecule has 0 aliphatic rings. The summed E-state index contributed by atoms with van der Waals surface area (Å²) >= 11 is 0. The predicted octanol–water partition coefficient (Wildman–Crippen LogP) is 1.63. The van der Waals surface area contributed by atoms with Crippen LogP contribution in [0, 0.1) is 0 Å². The lowest BCUT2D eigenvalue weighted by Gasteiger charge is -1.92. The van der Waals surface area contributed by atoms with Gasteiger partial charge in [-0.25, -0.2) is 0 Å². The lowest BCUT2D eigenvalue weighted by atomic mass is 10.2. The Labute approximate surface area is 68.7 Å². The summed E-state index contributed by atoms with van der Waals surface area (Å²) in [6, 6.07) is 6.99. The van der Waals surface area contributed by atoms with Crippen LogP contribution in [0.15, 0.2) is 45.9 Å². The minimum absolute atomic E-state index is 0.132. The first kappa shape index (κ1) is 6.91. The smallest absolute Gasteiger partial charge is 0.258 e. The van der Waals surface area contributed by atoms with Gasteiger partial charge in [0, 0.05) is 6.20 Å². The van der Waals surface area contributed by atoms with Crippen LogP contribution in [0.25, 0.3) is 11.3 Å². The van der Waals surface area contributed by atoms with Crippen LogP contribution in [0.5, 0.6) is 0 Å². The molecule has 2 rings (SSSR count). The third-order valence-corrected chi connectivity index (χ3v) is 1.60. The Morgan fingerprint density at radius 2 is 2.17 bits per heavy atom. The molecule has 0 radical (unpaired) electrons. The van der Waals surface area contributed by atoms with Gasteiger partial charge in [0.2, 0.25) is 0 Å². The molecule has 2 aromatic heterocycles. The summed E-state index contributed by atoms with van der Waals surface area (Å²) in [7, 11) is 0. The van der Waals surface area contributed by atoms with E-state index in [0.717, 1.165) is 0 Å². The maximum atomic E-state index is 11.2. The van der Waals surface area contributed by atoms with Gasteiger partial charge in [-0.05, 0) is 24.3 Å². The van der Waals surface area contributed by atoms with Crippen LogP contribution in [0.2, 0.25) is 0 Å². The van der Waals surface area contributed by atoms with Crippen LogP contribution in [-0.2, 0) is 0 Å². The molecule has 0 amide bonds. The highest BCUT2D eigenvalue weighted by atomic mass is 16.3. The van der Waals surface area contributed by atoms with Crippen LogP contribution >= 0.6 is 0 Å². The van der Waals surface area contributed by atoms with Gasteiger partial charge in [0.15, 0.2) is 0 Å². The zero-order chi connectivity index (χ0) is 8.39. The van der Waals surface area contributed by atoms with Crippen LogP contribution in [-0.4, -0.2) is 4.98 Å². The summed E-state index contributed by atoms with van der Waals surface area (Å²) in [5.74, 6) is 0.594. The molecule has 2 heterocycles. The molecule has 12 heavy (non-hydrogen) atoms. The largest absolute Gasteiger partial charge is 0.464 e. The average Bonchev–Trinajstić information content (AvgIpc) is 2.57. The molecule has 0 aromatic carbocycles. The lowest BCUT2D eigenvalue weighted by molar-refractivity contribution is 0.581. The minimum Gasteiger partial charge on any atom is -0.464 e. The molecule has 1 N–H and O–H groups in total. The van der Waals surface area contributed by atoms with Crippen molar-refractivity contribution in [2.45, 2.75) is 0 Å². The number of hydrogen-bond donors (Lipinski definition) is 1. The van der Waals surface area contributed by atoms with E-state index in [4.69, 9.17) is 4.42 Å². The molecule has 0 saturated carbocycles. The van der Waals surface area contributed by atoms with Crippen LogP contribution in [0.3, 0.4) is 0 Å². The fourth-order valence-corrected chi connectivity index (χ4v) is 1.05. The predicted molar refractivity (Wildman–Crippen MR) is 44.8 cm³/mol. The molecule has 0 spiro atoms. The molecule has 0 unspecified atom stereocenters. The van der Waals surface area contributed by atoms with E-state index in [1.165, 1.54) is 0 Å². The number of H-pyrrole nitrogens is 1. The first-order chi connectivity index (χ1) is 5.88. The van der Waals surface area contributed by atoms with E-state index in [9.17, 15) is 4.79 Å². The Hall–Kier alpha value is -1.77. The van der Waals surface area contributed by atoms with Gasteiger partial charge in [-0.15, -0.1) is 0 Å². The standard InChI is InChI=1S/C9H7NO2/c11-9-7(3-1-5-10-9)8-4-2-6-12-8/h1-6H,(H,10,11). The highest BCUT2D eigenvalue weighted by Gasteiger charge is 2.02. The highest BCUT2D eigenvalue weighted by molar-refractivity contribution is 5.54. The number of pyridine rings is 1. The van der Waals surface area contributed by atoms with Gasteiger partial charge < -0.3 is 9.40 Å². The van der Waals surface area contributed by atoms with Crippen LogP contribution in [0.4, 0.5) is 0 Å². The zero-order valence-electron chi connectivity index (χ0n) is 6.28. The molecular weight excluding hydrogens is 154 g/mol.